The maximum atomic E-state index is 15.0. The number of hydrogen-bond acceptors (Lipinski definition) is 8. The highest BCUT2D eigenvalue weighted by molar-refractivity contribution is 6.33. The topological polar surface area (TPSA) is 143 Å². The molecule has 0 amide bonds. The van der Waals surface area contributed by atoms with Gasteiger partial charge in [-0.25, -0.2) is 0 Å². The minimum Gasteiger partial charge on any atom is -0.507 e. The van der Waals surface area contributed by atoms with Crippen LogP contribution in [0, 0.1) is 40.4 Å². The van der Waals surface area contributed by atoms with E-state index in [0.29, 0.717) is 17.5 Å². The minimum absolute atomic E-state index is 0.0184. The van der Waals surface area contributed by atoms with Gasteiger partial charge in [0.25, 0.3) is 0 Å². The second kappa shape index (κ2) is 11.1. The Labute approximate surface area is 266 Å². The number of phenolic OH excluding ortho intramolecular Hbond substituents is 1. The van der Waals surface area contributed by atoms with E-state index in [2.05, 4.69) is 0 Å². The average molecular weight is 623 g/mol. The predicted molar refractivity (Wildman–Crippen MR) is 169 cm³/mol. The number of aliphatic hydroxyl groups is 1. The van der Waals surface area contributed by atoms with Gasteiger partial charge >= 0.3 is 0 Å². The van der Waals surface area contributed by atoms with Crippen LogP contribution in [-0.4, -0.2) is 50.5 Å². The number of fused-ring (bicyclic) bond motifs is 3. The molecule has 8 atom stereocenters. The third kappa shape index (κ3) is 4.40. The highest BCUT2D eigenvalue weighted by Gasteiger charge is 2.80. The Kier molecular flexibility index (Phi) is 8.57. The molecule has 2 saturated carbocycles. The molecule has 8 nitrogen and oxygen atoms in total. The van der Waals surface area contributed by atoms with Gasteiger partial charge in [-0.2, -0.15) is 0 Å². The quantitative estimate of drug-likeness (QED) is 0.380. The molecule has 0 aliphatic heterocycles. The third-order valence-electron chi connectivity index (χ3n) is 11.9. The first-order chi connectivity index (χ1) is 20.6. The van der Waals surface area contributed by atoms with Crippen molar-refractivity contribution in [1.82, 2.24) is 0 Å². The van der Waals surface area contributed by atoms with Gasteiger partial charge in [-0.05, 0) is 53.1 Å². The molecule has 8 heteroatoms. The zero-order valence-electron chi connectivity index (χ0n) is 28.7. The number of hydrogen-bond donors (Lipinski definition) is 2. The summed E-state index contributed by atoms with van der Waals surface area (Å²) >= 11 is 0. The molecule has 2 fully saturated rings. The first kappa shape index (κ1) is 34.9. The number of rotatable bonds is 7. The van der Waals surface area contributed by atoms with Crippen LogP contribution in [0.1, 0.15) is 128 Å². The van der Waals surface area contributed by atoms with Crippen LogP contribution < -0.4 is 0 Å². The Hall–Kier alpha value is -3.00. The normalized spacial score (nSPS) is 34.8. The van der Waals surface area contributed by atoms with Crippen molar-refractivity contribution in [3.05, 3.63) is 28.3 Å². The molecule has 0 spiro atoms. The number of Topliss-reactive ketones (excluding diaryl/α,β-unsaturated/α-hetero) is 6. The zero-order chi connectivity index (χ0) is 34.4. The van der Waals surface area contributed by atoms with E-state index in [-0.39, 0.29) is 29.9 Å². The van der Waals surface area contributed by atoms with Gasteiger partial charge in [0.1, 0.15) is 23.2 Å². The average Bonchev–Trinajstić information content (AvgIpc) is 2.92. The van der Waals surface area contributed by atoms with Crippen LogP contribution >= 0.6 is 0 Å². The second-order valence-electron chi connectivity index (χ2n) is 15.6. The summed E-state index contributed by atoms with van der Waals surface area (Å²) < 4.78 is 0. The van der Waals surface area contributed by atoms with E-state index in [1.54, 1.807) is 27.7 Å². The van der Waals surface area contributed by atoms with Crippen molar-refractivity contribution in [2.45, 2.75) is 119 Å². The standard InChI is InChI=1S/C37H50O8/c1-12-14-20-15-22(34(7,8)9)29(40)26-24(20)18(5)35(10)23(16-21(39)13-2)36(11)27(17(3)4)30(41)25(19(6)38)32(43)37(36,45)33(44)28(35)31(26)42/h15,17-18,23,25,27-28,40,45H,12-14,16H2,1-11H3/t18-,23-,25?,27?,28?,35-,36-,37+/m1/s1. The van der Waals surface area contributed by atoms with Crippen molar-refractivity contribution in [3.8, 4) is 5.75 Å². The summed E-state index contributed by atoms with van der Waals surface area (Å²) in [7, 11) is 0. The van der Waals surface area contributed by atoms with Gasteiger partial charge in [0.05, 0.1) is 11.5 Å². The molecule has 3 aliphatic carbocycles. The molecule has 2 N–H and O–H groups in total. The van der Waals surface area contributed by atoms with Gasteiger partial charge in [0, 0.05) is 29.7 Å². The molecular weight excluding hydrogens is 572 g/mol. The minimum atomic E-state index is -2.88. The van der Waals surface area contributed by atoms with Crippen molar-refractivity contribution >= 4 is 34.7 Å². The number of phenols is 1. The van der Waals surface area contributed by atoms with Crippen LogP contribution in [0.15, 0.2) is 6.07 Å². The van der Waals surface area contributed by atoms with Crippen molar-refractivity contribution < 1.29 is 39.0 Å². The summed E-state index contributed by atoms with van der Waals surface area (Å²) in [5.74, 6) is -11.5. The maximum absolute atomic E-state index is 15.0. The lowest BCUT2D eigenvalue weighted by atomic mass is 9.34. The number of ketones is 6. The fourth-order valence-electron chi connectivity index (χ4n) is 9.65. The van der Waals surface area contributed by atoms with Crippen LogP contribution in [0.3, 0.4) is 0 Å². The molecule has 0 aromatic heterocycles. The number of aryl methyl sites for hydroxylation is 1. The molecule has 0 saturated heterocycles. The van der Waals surface area contributed by atoms with Crippen LogP contribution in [0.5, 0.6) is 5.75 Å². The van der Waals surface area contributed by atoms with Gasteiger partial charge in [0.2, 0.25) is 0 Å². The van der Waals surface area contributed by atoms with Crippen LogP contribution in [0.2, 0.25) is 0 Å². The molecule has 45 heavy (non-hydrogen) atoms. The third-order valence-corrected chi connectivity index (χ3v) is 11.9. The van der Waals surface area contributed by atoms with Crippen LogP contribution in [-0.2, 0) is 35.8 Å². The fourth-order valence-corrected chi connectivity index (χ4v) is 9.65. The Morgan fingerprint density at radius 3 is 2.07 bits per heavy atom. The fraction of sp³-hybridized carbons (Fsp3) is 0.676. The molecule has 1 aromatic carbocycles. The van der Waals surface area contributed by atoms with Crippen molar-refractivity contribution in [2.24, 2.45) is 40.4 Å². The van der Waals surface area contributed by atoms with E-state index in [9.17, 15) is 39.0 Å². The molecule has 0 radical (unpaired) electrons. The molecule has 1 aromatic rings. The summed E-state index contributed by atoms with van der Waals surface area (Å²) in [6, 6.07) is 1.93. The van der Waals surface area contributed by atoms with E-state index < -0.39 is 86.3 Å². The Morgan fingerprint density at radius 2 is 1.60 bits per heavy atom. The first-order valence-electron chi connectivity index (χ1n) is 16.4. The molecule has 246 valence electrons. The molecule has 0 bridgehead atoms. The van der Waals surface area contributed by atoms with Gasteiger partial charge in [-0.1, -0.05) is 81.7 Å². The van der Waals surface area contributed by atoms with E-state index in [4.69, 9.17) is 0 Å². The monoisotopic (exact) mass is 622 g/mol. The Bertz CT molecular complexity index is 1510. The number of benzene rings is 1. The highest BCUT2D eigenvalue weighted by atomic mass is 16.3. The molecule has 3 aliphatic rings. The lowest BCUT2D eigenvalue weighted by Gasteiger charge is -2.67. The van der Waals surface area contributed by atoms with E-state index in [1.807, 2.05) is 40.7 Å². The van der Waals surface area contributed by atoms with E-state index in [1.165, 1.54) is 6.92 Å². The molecule has 4 rings (SSSR count). The summed E-state index contributed by atoms with van der Waals surface area (Å²) in [6.07, 6.45) is 1.32. The van der Waals surface area contributed by atoms with Gasteiger partial charge in [-0.3, -0.25) is 28.8 Å². The van der Waals surface area contributed by atoms with Crippen LogP contribution in [0.4, 0.5) is 0 Å². The van der Waals surface area contributed by atoms with Crippen molar-refractivity contribution in [2.75, 3.05) is 0 Å². The Morgan fingerprint density at radius 1 is 1.02 bits per heavy atom. The summed E-state index contributed by atoms with van der Waals surface area (Å²) in [5.41, 5.74) is -4.50. The van der Waals surface area contributed by atoms with Crippen LogP contribution in [0.25, 0.3) is 0 Å². The second-order valence-corrected chi connectivity index (χ2v) is 15.6. The summed E-state index contributed by atoms with van der Waals surface area (Å²) in [6.45, 7) is 19.2. The van der Waals surface area contributed by atoms with E-state index >= 15 is 0 Å². The smallest absolute Gasteiger partial charge is 0.190 e. The van der Waals surface area contributed by atoms with Gasteiger partial charge < -0.3 is 10.2 Å². The number of aromatic hydroxyl groups is 1. The zero-order valence-corrected chi connectivity index (χ0v) is 28.7. The highest BCUT2D eigenvalue weighted by Crippen LogP contribution is 2.70. The van der Waals surface area contributed by atoms with Gasteiger partial charge in [0.15, 0.2) is 28.7 Å². The van der Waals surface area contributed by atoms with Gasteiger partial charge in [-0.15, -0.1) is 0 Å². The summed E-state index contributed by atoms with van der Waals surface area (Å²) in [5, 5.41) is 24.4. The van der Waals surface area contributed by atoms with E-state index in [0.717, 1.165) is 18.9 Å². The van der Waals surface area contributed by atoms with Crippen molar-refractivity contribution in [1.29, 1.82) is 0 Å². The lowest BCUT2D eigenvalue weighted by molar-refractivity contribution is -0.225. The predicted octanol–water partition coefficient (Wildman–Crippen LogP) is 5.50. The maximum Gasteiger partial charge on any atom is 0.190 e. The molecule has 0 heterocycles. The largest absolute Gasteiger partial charge is 0.507 e. The number of carbonyl (C=O) groups excluding carboxylic acids is 6. The van der Waals surface area contributed by atoms with Crippen molar-refractivity contribution in [3.63, 3.8) is 0 Å². The molecular formula is C37H50O8. The Balaban J connectivity index is 2.20. The molecule has 3 unspecified atom stereocenters. The number of carbonyl (C=O) groups is 6. The first-order valence-corrected chi connectivity index (χ1v) is 16.4. The SMILES string of the molecule is CCCc1cc(C(C)(C)C)c(O)c2c1[C@@H](C)[C@@]1(C)C(C2=O)C(=O)[C@@]2(O)C(=O)C(C(C)=O)C(=O)C(C(C)C)[C@@]2(C)[C@@H]1CC(=O)CC. The lowest BCUT2D eigenvalue weighted by Crippen LogP contribution is -2.80. The summed E-state index contributed by atoms with van der Waals surface area (Å²) in [4.78, 5) is 84.4.